The van der Waals surface area contributed by atoms with Gasteiger partial charge in [0.05, 0.1) is 12.8 Å². The molecule has 0 aliphatic heterocycles. The van der Waals surface area contributed by atoms with E-state index >= 15 is 0 Å². The number of carbonyl (C=O) groups is 1. The lowest BCUT2D eigenvalue weighted by molar-refractivity contribution is 0.112. The van der Waals surface area contributed by atoms with Crippen LogP contribution in [0.1, 0.15) is 10.4 Å². The molecule has 0 saturated heterocycles. The summed E-state index contributed by atoms with van der Waals surface area (Å²) >= 11 is 6.00. The third-order valence-corrected chi connectivity index (χ3v) is 3.53. The minimum atomic E-state index is 0.612. The van der Waals surface area contributed by atoms with Crippen molar-refractivity contribution in [2.75, 3.05) is 7.11 Å². The van der Waals surface area contributed by atoms with Crippen LogP contribution in [0.5, 0.6) is 5.75 Å². The zero-order valence-corrected chi connectivity index (χ0v) is 11.6. The van der Waals surface area contributed by atoms with Crippen LogP contribution in [0.3, 0.4) is 0 Å². The Bertz CT molecular complexity index is 775. The second kappa shape index (κ2) is 5.02. The van der Waals surface area contributed by atoms with E-state index in [-0.39, 0.29) is 0 Å². The first-order chi connectivity index (χ1) is 9.72. The van der Waals surface area contributed by atoms with Crippen molar-refractivity contribution in [3.63, 3.8) is 0 Å². The number of benzene rings is 2. The molecule has 1 heterocycles. The Labute approximate surface area is 121 Å². The van der Waals surface area contributed by atoms with Gasteiger partial charge in [-0.25, -0.2) is 0 Å². The highest BCUT2D eigenvalue weighted by atomic mass is 35.5. The van der Waals surface area contributed by atoms with Crippen LogP contribution >= 0.6 is 11.6 Å². The zero-order valence-electron chi connectivity index (χ0n) is 10.8. The largest absolute Gasteiger partial charge is 0.497 e. The van der Waals surface area contributed by atoms with Crippen LogP contribution in [0.15, 0.2) is 42.5 Å². The number of rotatable bonds is 3. The predicted octanol–water partition coefficient (Wildman–Crippen LogP) is 4.31. The number of ether oxygens (including phenoxy) is 1. The molecule has 100 valence electrons. The molecule has 3 aromatic rings. The van der Waals surface area contributed by atoms with Crippen LogP contribution in [0.2, 0.25) is 5.02 Å². The van der Waals surface area contributed by atoms with Gasteiger partial charge in [0.25, 0.3) is 0 Å². The van der Waals surface area contributed by atoms with Gasteiger partial charge >= 0.3 is 0 Å². The van der Waals surface area contributed by atoms with Crippen LogP contribution in [-0.4, -0.2) is 18.4 Å². The summed E-state index contributed by atoms with van der Waals surface area (Å²) in [5.74, 6) is 0.778. The molecule has 0 atom stereocenters. The quantitative estimate of drug-likeness (QED) is 0.729. The topological polar surface area (TPSA) is 42.1 Å². The standard InChI is InChI=1S/C16H12ClNO2/c1-20-12-5-2-10(3-6-12)16-14(9-19)13-8-11(17)4-7-15(13)18-16/h2-9,18H,1H3. The summed E-state index contributed by atoms with van der Waals surface area (Å²) in [5.41, 5.74) is 3.23. The van der Waals surface area contributed by atoms with Crippen molar-refractivity contribution in [2.45, 2.75) is 0 Å². The number of H-pyrrole nitrogens is 1. The van der Waals surface area contributed by atoms with Crippen LogP contribution in [-0.2, 0) is 0 Å². The summed E-state index contributed by atoms with van der Waals surface area (Å²) in [6.07, 6.45) is 0.856. The third kappa shape index (κ3) is 2.06. The molecule has 0 spiro atoms. The fourth-order valence-corrected chi connectivity index (χ4v) is 2.46. The SMILES string of the molecule is COc1ccc(-c2[nH]c3ccc(Cl)cc3c2C=O)cc1. The van der Waals surface area contributed by atoms with E-state index in [2.05, 4.69) is 4.98 Å². The summed E-state index contributed by atoms with van der Waals surface area (Å²) in [6, 6.07) is 13.0. The smallest absolute Gasteiger partial charge is 0.152 e. The summed E-state index contributed by atoms with van der Waals surface area (Å²) < 4.78 is 5.14. The summed E-state index contributed by atoms with van der Waals surface area (Å²) in [4.78, 5) is 14.7. The van der Waals surface area contributed by atoms with E-state index in [1.165, 1.54) is 0 Å². The molecule has 0 saturated carbocycles. The molecule has 1 N–H and O–H groups in total. The average molecular weight is 286 g/mol. The molecule has 3 rings (SSSR count). The normalized spacial score (nSPS) is 10.7. The third-order valence-electron chi connectivity index (χ3n) is 3.30. The van der Waals surface area contributed by atoms with Crippen LogP contribution in [0.4, 0.5) is 0 Å². The van der Waals surface area contributed by atoms with Gasteiger partial charge < -0.3 is 9.72 Å². The Kier molecular flexibility index (Phi) is 3.20. The molecule has 0 fully saturated rings. The second-order valence-electron chi connectivity index (χ2n) is 4.45. The number of carbonyl (C=O) groups excluding carboxylic acids is 1. The molecule has 2 aromatic carbocycles. The Hall–Kier alpha value is -2.26. The molecule has 1 aromatic heterocycles. The number of aromatic nitrogens is 1. The maximum absolute atomic E-state index is 11.4. The lowest BCUT2D eigenvalue weighted by Crippen LogP contribution is -1.86. The Morgan fingerprint density at radius 1 is 1.15 bits per heavy atom. The summed E-state index contributed by atoms with van der Waals surface area (Å²) in [7, 11) is 1.62. The van der Waals surface area contributed by atoms with E-state index in [9.17, 15) is 4.79 Å². The Balaban J connectivity index is 2.21. The second-order valence-corrected chi connectivity index (χ2v) is 4.89. The van der Waals surface area contributed by atoms with Crippen molar-refractivity contribution < 1.29 is 9.53 Å². The van der Waals surface area contributed by atoms with Crippen molar-refractivity contribution in [1.82, 2.24) is 4.98 Å². The van der Waals surface area contributed by atoms with Gasteiger partial charge in [-0.1, -0.05) is 11.6 Å². The number of halogens is 1. The first-order valence-electron chi connectivity index (χ1n) is 6.14. The number of fused-ring (bicyclic) bond motifs is 1. The van der Waals surface area contributed by atoms with Gasteiger partial charge in [-0.15, -0.1) is 0 Å². The minimum absolute atomic E-state index is 0.612. The molecule has 20 heavy (non-hydrogen) atoms. The molecular weight excluding hydrogens is 274 g/mol. The molecule has 3 nitrogen and oxygen atoms in total. The lowest BCUT2D eigenvalue weighted by atomic mass is 10.1. The highest BCUT2D eigenvalue weighted by Crippen LogP contribution is 2.31. The predicted molar refractivity (Wildman–Crippen MR) is 80.7 cm³/mol. The molecular formula is C16H12ClNO2. The van der Waals surface area contributed by atoms with Gasteiger partial charge in [0.15, 0.2) is 6.29 Å². The van der Waals surface area contributed by atoms with E-state index < -0.39 is 0 Å². The van der Waals surface area contributed by atoms with E-state index in [1.807, 2.05) is 30.3 Å². The number of nitrogens with one attached hydrogen (secondary N) is 1. The molecule has 0 aliphatic rings. The van der Waals surface area contributed by atoms with E-state index in [0.29, 0.717) is 10.6 Å². The maximum Gasteiger partial charge on any atom is 0.152 e. The monoisotopic (exact) mass is 285 g/mol. The zero-order chi connectivity index (χ0) is 14.1. The summed E-state index contributed by atoms with van der Waals surface area (Å²) in [5, 5.41) is 1.44. The Morgan fingerprint density at radius 3 is 2.55 bits per heavy atom. The highest BCUT2D eigenvalue weighted by molar-refractivity contribution is 6.31. The molecule has 4 heteroatoms. The number of aldehydes is 1. The fourth-order valence-electron chi connectivity index (χ4n) is 2.29. The number of aromatic amines is 1. The molecule has 0 aliphatic carbocycles. The van der Waals surface area contributed by atoms with Gasteiger partial charge in [0.2, 0.25) is 0 Å². The van der Waals surface area contributed by atoms with Crippen molar-refractivity contribution in [1.29, 1.82) is 0 Å². The van der Waals surface area contributed by atoms with Crippen LogP contribution in [0.25, 0.3) is 22.2 Å². The van der Waals surface area contributed by atoms with Gasteiger partial charge in [0.1, 0.15) is 5.75 Å². The maximum atomic E-state index is 11.4. The highest BCUT2D eigenvalue weighted by Gasteiger charge is 2.12. The number of methoxy groups -OCH3 is 1. The first kappa shape index (κ1) is 12.8. The van der Waals surface area contributed by atoms with Crippen molar-refractivity contribution in [3.05, 3.63) is 53.1 Å². The van der Waals surface area contributed by atoms with Crippen LogP contribution in [0, 0.1) is 0 Å². The first-order valence-corrected chi connectivity index (χ1v) is 6.51. The van der Waals surface area contributed by atoms with Crippen molar-refractivity contribution >= 4 is 28.8 Å². The molecule has 0 radical (unpaired) electrons. The molecule has 0 unspecified atom stereocenters. The van der Waals surface area contributed by atoms with Crippen molar-refractivity contribution in [3.8, 4) is 17.0 Å². The summed E-state index contributed by atoms with van der Waals surface area (Å²) in [6.45, 7) is 0. The van der Waals surface area contributed by atoms with Gasteiger partial charge in [-0.3, -0.25) is 4.79 Å². The minimum Gasteiger partial charge on any atom is -0.497 e. The van der Waals surface area contributed by atoms with Crippen LogP contribution < -0.4 is 4.74 Å². The molecule has 0 amide bonds. The van der Waals surface area contributed by atoms with E-state index in [1.54, 1.807) is 19.2 Å². The van der Waals surface area contributed by atoms with Gasteiger partial charge in [-0.2, -0.15) is 0 Å². The number of hydrogen-bond acceptors (Lipinski definition) is 2. The molecule has 0 bridgehead atoms. The van der Waals surface area contributed by atoms with Gasteiger partial charge in [0, 0.05) is 21.5 Å². The van der Waals surface area contributed by atoms with Crippen molar-refractivity contribution in [2.24, 2.45) is 0 Å². The van der Waals surface area contributed by atoms with E-state index in [0.717, 1.165) is 34.2 Å². The Morgan fingerprint density at radius 2 is 1.90 bits per heavy atom. The fraction of sp³-hybridized carbons (Fsp3) is 0.0625. The number of hydrogen-bond donors (Lipinski definition) is 1. The lowest BCUT2D eigenvalue weighted by Gasteiger charge is -2.02. The van der Waals surface area contributed by atoms with Gasteiger partial charge in [-0.05, 0) is 48.0 Å². The average Bonchev–Trinajstić information content (AvgIpc) is 2.85. The van der Waals surface area contributed by atoms with E-state index in [4.69, 9.17) is 16.3 Å².